The van der Waals surface area contributed by atoms with Crippen molar-refractivity contribution in [2.75, 3.05) is 0 Å². The average molecular weight is 430 g/mol. The maximum Gasteiger partial charge on any atom is 0.408 e. The molecule has 2 aliphatic rings. The number of amides is 1. The molecule has 1 heterocycles. The second-order valence-electron chi connectivity index (χ2n) is 10.0. The van der Waals surface area contributed by atoms with Gasteiger partial charge in [-0.25, -0.2) is 4.79 Å². The highest BCUT2D eigenvalue weighted by Gasteiger charge is 2.47. The molecule has 1 aromatic rings. The number of benzene rings is 1. The highest BCUT2D eigenvalue weighted by Crippen LogP contribution is 2.43. The van der Waals surface area contributed by atoms with Crippen LogP contribution in [0.25, 0.3) is 0 Å². The molecule has 1 N–H and O–H groups in total. The molecule has 31 heavy (non-hydrogen) atoms. The number of rotatable bonds is 6. The van der Waals surface area contributed by atoms with Gasteiger partial charge < -0.3 is 14.8 Å². The van der Waals surface area contributed by atoms with E-state index in [0.29, 0.717) is 12.8 Å². The molecule has 2 fully saturated rings. The van der Waals surface area contributed by atoms with Gasteiger partial charge in [0.2, 0.25) is 0 Å². The number of cyclic esters (lactones) is 1. The molecule has 1 aromatic carbocycles. The summed E-state index contributed by atoms with van der Waals surface area (Å²) in [7, 11) is 0. The molecule has 1 saturated heterocycles. The van der Waals surface area contributed by atoms with Crippen LogP contribution in [0.15, 0.2) is 24.3 Å². The summed E-state index contributed by atoms with van der Waals surface area (Å²) in [4.78, 5) is 36.3. The van der Waals surface area contributed by atoms with Gasteiger partial charge in [-0.2, -0.15) is 0 Å². The van der Waals surface area contributed by atoms with Crippen molar-refractivity contribution >= 4 is 17.8 Å². The Kier molecular flexibility index (Phi) is 7.07. The van der Waals surface area contributed by atoms with Crippen LogP contribution in [0, 0.1) is 5.92 Å². The van der Waals surface area contributed by atoms with E-state index < -0.39 is 17.3 Å². The van der Waals surface area contributed by atoms with Crippen molar-refractivity contribution < 1.29 is 23.9 Å². The Morgan fingerprint density at radius 2 is 1.84 bits per heavy atom. The van der Waals surface area contributed by atoms with Gasteiger partial charge in [-0.3, -0.25) is 9.59 Å². The summed E-state index contributed by atoms with van der Waals surface area (Å²) in [6.45, 7) is 7.42. The van der Waals surface area contributed by atoms with Crippen molar-refractivity contribution in [1.29, 1.82) is 0 Å². The first kappa shape index (κ1) is 23.3. The van der Waals surface area contributed by atoms with Crippen molar-refractivity contribution in [2.45, 2.75) is 96.3 Å². The summed E-state index contributed by atoms with van der Waals surface area (Å²) in [6.07, 6.45) is 5.53. The average Bonchev–Trinajstić information content (AvgIpc) is 3.20. The fourth-order valence-electron chi connectivity index (χ4n) is 4.78. The fraction of sp³-hybridized carbons (Fsp3) is 0.640. The Bertz CT molecular complexity index is 786. The summed E-state index contributed by atoms with van der Waals surface area (Å²) in [5, 5.41) is 2.85. The van der Waals surface area contributed by atoms with Gasteiger partial charge in [-0.15, -0.1) is 0 Å². The summed E-state index contributed by atoms with van der Waals surface area (Å²) < 4.78 is 11.2. The van der Waals surface area contributed by atoms with Crippen LogP contribution in [0.3, 0.4) is 0 Å². The Labute approximate surface area is 185 Å². The van der Waals surface area contributed by atoms with E-state index >= 15 is 0 Å². The zero-order chi connectivity index (χ0) is 22.6. The van der Waals surface area contributed by atoms with Crippen LogP contribution in [0.4, 0.5) is 4.79 Å². The van der Waals surface area contributed by atoms with Crippen molar-refractivity contribution in [1.82, 2.24) is 5.32 Å². The molecule has 3 rings (SSSR count). The third-order valence-electron chi connectivity index (χ3n) is 6.30. The first-order valence-corrected chi connectivity index (χ1v) is 11.4. The van der Waals surface area contributed by atoms with Gasteiger partial charge in [-0.05, 0) is 70.4 Å². The predicted molar refractivity (Wildman–Crippen MR) is 118 cm³/mol. The standard InChI is InChI=1S/C25H35NO5/c1-17(26-23(29)31-24(2,3)4)19-11-9-18(10-12-19)13-14-25(20-7-5-6-8-20)16-21(27)15-22(28)30-25/h9-12,17,20H,5-8,13-16H2,1-4H3,(H,26,29)/t17-,25?/m1/s1. The minimum absolute atomic E-state index is 0.000500. The number of ether oxygens (including phenoxy) is 2. The van der Waals surface area contributed by atoms with Gasteiger partial charge in [0.15, 0.2) is 0 Å². The van der Waals surface area contributed by atoms with Gasteiger partial charge in [-0.1, -0.05) is 37.1 Å². The number of hydrogen-bond donors (Lipinski definition) is 1. The number of Topliss-reactive ketones (excluding diaryl/α,β-unsaturated/α-hetero) is 1. The van der Waals surface area contributed by atoms with E-state index in [1.54, 1.807) is 0 Å². The molecule has 6 heteroatoms. The number of hydrogen-bond acceptors (Lipinski definition) is 5. The first-order valence-electron chi connectivity index (χ1n) is 11.4. The predicted octanol–water partition coefficient (Wildman–Crippen LogP) is 5.04. The van der Waals surface area contributed by atoms with E-state index in [9.17, 15) is 14.4 Å². The summed E-state index contributed by atoms with van der Waals surface area (Å²) in [6, 6.07) is 7.90. The molecule has 0 aromatic heterocycles. The minimum Gasteiger partial charge on any atom is -0.458 e. The summed E-state index contributed by atoms with van der Waals surface area (Å²) in [5.74, 6) is -0.0981. The Morgan fingerprint density at radius 3 is 2.42 bits per heavy atom. The maximum atomic E-state index is 12.2. The van der Waals surface area contributed by atoms with Gasteiger partial charge >= 0.3 is 12.1 Å². The minimum atomic E-state index is -0.646. The zero-order valence-electron chi connectivity index (χ0n) is 19.2. The molecule has 1 aliphatic heterocycles. The summed E-state index contributed by atoms with van der Waals surface area (Å²) in [5.41, 5.74) is 0.930. The van der Waals surface area contributed by atoms with E-state index in [0.717, 1.165) is 43.2 Å². The second kappa shape index (κ2) is 9.41. The van der Waals surface area contributed by atoms with Gasteiger partial charge in [0.05, 0.1) is 6.04 Å². The van der Waals surface area contributed by atoms with Crippen LogP contribution in [-0.2, 0) is 25.5 Å². The molecular formula is C25H35NO5. The number of carbonyl (C=O) groups excluding carboxylic acids is 3. The number of alkyl carbamates (subject to hydrolysis) is 1. The fourth-order valence-corrected chi connectivity index (χ4v) is 4.78. The van der Waals surface area contributed by atoms with Crippen LogP contribution >= 0.6 is 0 Å². The van der Waals surface area contributed by atoms with E-state index in [2.05, 4.69) is 5.32 Å². The van der Waals surface area contributed by atoms with Crippen LogP contribution in [0.1, 0.15) is 89.8 Å². The first-order chi connectivity index (χ1) is 14.6. The van der Waals surface area contributed by atoms with Crippen molar-refractivity contribution in [2.24, 2.45) is 5.92 Å². The Balaban J connectivity index is 1.62. The van der Waals surface area contributed by atoms with Crippen LogP contribution in [0.5, 0.6) is 0 Å². The van der Waals surface area contributed by atoms with E-state index in [-0.39, 0.29) is 30.1 Å². The Hall–Kier alpha value is -2.37. The molecular weight excluding hydrogens is 394 g/mol. The van der Waals surface area contributed by atoms with Crippen LogP contribution in [0.2, 0.25) is 0 Å². The van der Waals surface area contributed by atoms with E-state index in [4.69, 9.17) is 9.47 Å². The number of aryl methyl sites for hydroxylation is 1. The number of esters is 1. The molecule has 6 nitrogen and oxygen atoms in total. The lowest BCUT2D eigenvalue weighted by atomic mass is 9.76. The molecule has 0 spiro atoms. The van der Waals surface area contributed by atoms with E-state index in [1.807, 2.05) is 52.0 Å². The largest absolute Gasteiger partial charge is 0.458 e. The van der Waals surface area contributed by atoms with Gasteiger partial charge in [0.1, 0.15) is 23.4 Å². The molecule has 0 radical (unpaired) electrons. The Morgan fingerprint density at radius 1 is 1.19 bits per heavy atom. The molecule has 1 saturated carbocycles. The molecule has 2 atom stereocenters. The van der Waals surface area contributed by atoms with Crippen LogP contribution in [-0.4, -0.2) is 29.0 Å². The quantitative estimate of drug-likeness (QED) is 0.506. The molecule has 170 valence electrons. The molecule has 0 bridgehead atoms. The van der Waals surface area contributed by atoms with Gasteiger partial charge in [0.25, 0.3) is 0 Å². The van der Waals surface area contributed by atoms with Crippen molar-refractivity contribution in [3.63, 3.8) is 0 Å². The normalized spacial score (nSPS) is 23.4. The number of ketones is 1. The smallest absolute Gasteiger partial charge is 0.408 e. The van der Waals surface area contributed by atoms with E-state index in [1.165, 1.54) is 0 Å². The monoisotopic (exact) mass is 429 g/mol. The molecule has 1 amide bonds. The number of carbonyl (C=O) groups is 3. The second-order valence-corrected chi connectivity index (χ2v) is 10.0. The lowest BCUT2D eigenvalue weighted by Gasteiger charge is -2.41. The number of nitrogens with one attached hydrogen (secondary N) is 1. The molecule has 1 unspecified atom stereocenters. The summed E-state index contributed by atoms with van der Waals surface area (Å²) >= 11 is 0. The maximum absolute atomic E-state index is 12.2. The third-order valence-corrected chi connectivity index (χ3v) is 6.30. The zero-order valence-corrected chi connectivity index (χ0v) is 19.2. The highest BCUT2D eigenvalue weighted by molar-refractivity contribution is 5.98. The van der Waals surface area contributed by atoms with Gasteiger partial charge in [0, 0.05) is 6.42 Å². The van der Waals surface area contributed by atoms with Crippen molar-refractivity contribution in [3.8, 4) is 0 Å². The lowest BCUT2D eigenvalue weighted by molar-refractivity contribution is -0.178. The topological polar surface area (TPSA) is 81.7 Å². The van der Waals surface area contributed by atoms with Crippen LogP contribution < -0.4 is 5.32 Å². The highest BCUT2D eigenvalue weighted by atomic mass is 16.6. The SMILES string of the molecule is C[C@@H](NC(=O)OC(C)(C)C)c1ccc(CCC2(C3CCCC3)CC(=O)CC(=O)O2)cc1. The molecule has 1 aliphatic carbocycles. The third kappa shape index (κ3) is 6.31. The van der Waals surface area contributed by atoms with Crippen molar-refractivity contribution in [3.05, 3.63) is 35.4 Å². The lowest BCUT2D eigenvalue weighted by Crippen LogP contribution is -2.48.